The van der Waals surface area contributed by atoms with Crippen LogP contribution in [0.1, 0.15) is 54.8 Å². The van der Waals surface area contributed by atoms with Crippen LogP contribution in [0, 0.1) is 0 Å². The van der Waals surface area contributed by atoms with Gasteiger partial charge in [0.25, 0.3) is 5.91 Å². The molecule has 50 heavy (non-hydrogen) atoms. The molecule has 2 N–H and O–H groups in total. The van der Waals surface area contributed by atoms with Gasteiger partial charge in [-0.15, -0.1) is 0 Å². The van der Waals surface area contributed by atoms with Crippen LogP contribution in [0.25, 0.3) is 33.4 Å². The molecule has 0 saturated carbocycles. The third-order valence-electron chi connectivity index (χ3n) is 8.80. The number of rotatable bonds is 14. The monoisotopic (exact) mass is 673 g/mol. The van der Waals surface area contributed by atoms with Crippen LogP contribution >= 0.6 is 0 Å². The Balaban J connectivity index is 1.38. The predicted molar refractivity (Wildman–Crippen MR) is 201 cm³/mol. The second-order valence-electron chi connectivity index (χ2n) is 11.7. The van der Waals surface area contributed by atoms with Crippen LogP contribution < -0.4 is 25.5 Å². The number of hydrogen-bond acceptors (Lipinski definition) is 6. The Kier molecular flexibility index (Phi) is 11.8. The zero-order valence-electron chi connectivity index (χ0n) is 29.3. The Morgan fingerprint density at radius 2 is 1.62 bits per heavy atom. The molecular formula is C41H45N4O5+. The third-order valence-corrected chi connectivity index (χ3v) is 8.80. The summed E-state index contributed by atoms with van der Waals surface area (Å²) >= 11 is 0. The minimum Gasteiger partial charge on any atom is -0.462 e. The van der Waals surface area contributed by atoms with Gasteiger partial charge in [-0.1, -0.05) is 24.8 Å². The average Bonchev–Trinajstić information content (AvgIpc) is 3.14. The first-order valence-electron chi connectivity index (χ1n) is 17.2. The van der Waals surface area contributed by atoms with Crippen LogP contribution in [0.4, 0.5) is 11.4 Å². The van der Waals surface area contributed by atoms with Gasteiger partial charge in [0.1, 0.15) is 24.4 Å². The SMILES string of the molecule is C=CC(=O)Nc1ccc(C(=O)NCCCOC(=O)c2ccccc2-c2c3ccc(=[N+](CC)CC)cc-3oc3cc(N(CC)CC)ccc23)cc1. The molecule has 0 saturated heterocycles. The van der Waals surface area contributed by atoms with Crippen LogP contribution in [-0.4, -0.2) is 57.1 Å². The molecule has 9 heteroatoms. The first kappa shape index (κ1) is 35.6. The molecule has 1 aliphatic heterocycles. The van der Waals surface area contributed by atoms with Gasteiger partial charge in [0.05, 0.1) is 18.2 Å². The molecule has 0 spiro atoms. The van der Waals surface area contributed by atoms with Crippen molar-refractivity contribution in [2.24, 2.45) is 0 Å². The van der Waals surface area contributed by atoms with Crippen LogP contribution in [0.5, 0.6) is 0 Å². The predicted octanol–water partition coefficient (Wildman–Crippen LogP) is 6.96. The molecule has 5 rings (SSSR count). The Morgan fingerprint density at radius 1 is 0.880 bits per heavy atom. The van der Waals surface area contributed by atoms with E-state index in [4.69, 9.17) is 9.15 Å². The lowest BCUT2D eigenvalue weighted by Crippen LogP contribution is -2.29. The highest BCUT2D eigenvalue weighted by molar-refractivity contribution is 6.08. The largest absolute Gasteiger partial charge is 0.462 e. The zero-order chi connectivity index (χ0) is 35.6. The number of ether oxygens (including phenoxy) is 1. The van der Waals surface area contributed by atoms with E-state index in [1.807, 2.05) is 18.2 Å². The number of carbonyl (C=O) groups excluding carboxylic acids is 3. The normalized spacial score (nSPS) is 10.9. The maximum atomic E-state index is 13.6. The number of anilines is 2. The Bertz CT molecular complexity index is 2040. The molecule has 258 valence electrons. The fourth-order valence-corrected chi connectivity index (χ4v) is 6.12. The zero-order valence-corrected chi connectivity index (χ0v) is 29.3. The Hall–Kier alpha value is -5.70. The van der Waals surface area contributed by atoms with E-state index >= 15 is 0 Å². The van der Waals surface area contributed by atoms with Gasteiger partial charge in [0.15, 0.2) is 0 Å². The summed E-state index contributed by atoms with van der Waals surface area (Å²) in [4.78, 5) is 40.0. The van der Waals surface area contributed by atoms with Crippen LogP contribution in [0.2, 0.25) is 0 Å². The number of hydrogen-bond donors (Lipinski definition) is 2. The number of benzene rings is 4. The van der Waals surface area contributed by atoms with Crippen LogP contribution in [0.15, 0.2) is 102 Å². The van der Waals surface area contributed by atoms with Crippen molar-refractivity contribution in [2.75, 3.05) is 49.5 Å². The summed E-state index contributed by atoms with van der Waals surface area (Å²) in [5.74, 6) is -0.284. The van der Waals surface area contributed by atoms with Crippen molar-refractivity contribution in [3.8, 4) is 22.5 Å². The van der Waals surface area contributed by atoms with Gasteiger partial charge in [-0.2, -0.15) is 0 Å². The van der Waals surface area contributed by atoms with Crippen molar-refractivity contribution in [1.82, 2.24) is 9.89 Å². The molecule has 0 unspecified atom stereocenters. The molecule has 3 aromatic carbocycles. The van der Waals surface area contributed by atoms with Crippen molar-refractivity contribution < 1.29 is 23.5 Å². The molecule has 0 radical (unpaired) electrons. The summed E-state index contributed by atoms with van der Waals surface area (Å²) in [6, 6.07) is 26.6. The lowest BCUT2D eigenvalue weighted by Gasteiger charge is -2.22. The molecule has 0 bridgehead atoms. The maximum Gasteiger partial charge on any atom is 0.338 e. The van der Waals surface area contributed by atoms with Gasteiger partial charge in [0, 0.05) is 65.2 Å². The fourth-order valence-electron chi connectivity index (χ4n) is 6.12. The number of nitrogens with one attached hydrogen (secondary N) is 2. The van der Waals surface area contributed by atoms with Crippen molar-refractivity contribution in [3.05, 3.63) is 114 Å². The molecule has 2 aliphatic rings. The number of esters is 1. The van der Waals surface area contributed by atoms with Gasteiger partial charge in [-0.25, -0.2) is 9.37 Å². The van der Waals surface area contributed by atoms with Crippen molar-refractivity contribution in [3.63, 3.8) is 0 Å². The van der Waals surface area contributed by atoms with E-state index < -0.39 is 5.97 Å². The van der Waals surface area contributed by atoms with E-state index in [0.717, 1.165) is 70.6 Å². The lowest BCUT2D eigenvalue weighted by molar-refractivity contribution is -0.111. The minimum absolute atomic E-state index is 0.131. The molecule has 1 aliphatic carbocycles. The summed E-state index contributed by atoms with van der Waals surface area (Å²) in [5, 5.41) is 7.48. The maximum absolute atomic E-state index is 13.6. The molecule has 0 atom stereocenters. The van der Waals surface area contributed by atoms with E-state index in [0.29, 0.717) is 29.8 Å². The van der Waals surface area contributed by atoms with E-state index in [9.17, 15) is 14.4 Å². The number of fused-ring (bicyclic) bond motifs is 2. The van der Waals surface area contributed by atoms with E-state index in [1.165, 1.54) is 6.08 Å². The van der Waals surface area contributed by atoms with Crippen molar-refractivity contribution in [2.45, 2.75) is 34.1 Å². The highest BCUT2D eigenvalue weighted by Crippen LogP contribution is 2.42. The summed E-state index contributed by atoms with van der Waals surface area (Å²) in [5.41, 5.74) is 5.86. The second kappa shape index (κ2) is 16.6. The molecule has 0 fully saturated rings. The molecule has 9 nitrogen and oxygen atoms in total. The van der Waals surface area contributed by atoms with E-state index in [-0.39, 0.29) is 18.4 Å². The first-order valence-corrected chi connectivity index (χ1v) is 17.2. The fraction of sp³-hybridized carbons (Fsp3) is 0.268. The summed E-state index contributed by atoms with van der Waals surface area (Å²) in [6.07, 6.45) is 1.62. The summed E-state index contributed by atoms with van der Waals surface area (Å²) in [7, 11) is 0. The van der Waals surface area contributed by atoms with Crippen molar-refractivity contribution in [1.29, 1.82) is 0 Å². The number of amides is 2. The highest BCUT2D eigenvalue weighted by Gasteiger charge is 2.23. The van der Waals surface area contributed by atoms with E-state index in [2.05, 4.69) is 90.8 Å². The Morgan fingerprint density at radius 3 is 2.32 bits per heavy atom. The number of nitrogens with zero attached hydrogens (tertiary/aromatic N) is 2. The molecular weight excluding hydrogens is 628 g/mol. The van der Waals surface area contributed by atoms with E-state index in [1.54, 1.807) is 30.3 Å². The summed E-state index contributed by atoms with van der Waals surface area (Å²) in [6.45, 7) is 15.9. The Labute approximate surface area is 293 Å². The lowest BCUT2D eigenvalue weighted by atomic mass is 9.90. The van der Waals surface area contributed by atoms with Crippen molar-refractivity contribution >= 4 is 40.1 Å². The number of carbonyl (C=O) groups is 3. The third kappa shape index (κ3) is 7.94. The molecule has 3 aromatic rings. The first-order chi connectivity index (χ1) is 24.3. The standard InChI is InChI=1S/C41H44N4O5/c1-6-38(46)43-29-18-16-28(17-19-29)40(47)42-24-13-25-49-41(48)33-15-12-11-14-32(33)39-34-22-20-30(44(7-2)8-3)26-36(34)50-37-27-31(21-23-35(37)39)45(9-4)10-5/h6,11-12,14-23,26-27H,1,7-10,13,24-25H2,2-5H3,(H-,42,43,46,47)/p+1. The second-order valence-corrected chi connectivity index (χ2v) is 11.7. The van der Waals surface area contributed by atoms with Crippen LogP contribution in [-0.2, 0) is 9.53 Å². The van der Waals surface area contributed by atoms with Crippen LogP contribution in [0.3, 0.4) is 0 Å². The highest BCUT2D eigenvalue weighted by atomic mass is 16.5. The molecule has 0 aromatic heterocycles. The average molecular weight is 674 g/mol. The van der Waals surface area contributed by atoms with Gasteiger partial charge in [-0.3, -0.25) is 9.59 Å². The van der Waals surface area contributed by atoms with Gasteiger partial charge in [0.2, 0.25) is 11.3 Å². The molecule has 2 amide bonds. The quantitative estimate of drug-likeness (QED) is 0.0434. The smallest absolute Gasteiger partial charge is 0.338 e. The minimum atomic E-state index is -0.439. The van der Waals surface area contributed by atoms with Gasteiger partial charge < -0.3 is 24.7 Å². The molecule has 1 heterocycles. The van der Waals surface area contributed by atoms with Gasteiger partial charge in [-0.05, 0) is 94.3 Å². The van der Waals surface area contributed by atoms with Gasteiger partial charge >= 0.3 is 5.97 Å². The topological polar surface area (TPSA) is 104 Å². The summed E-state index contributed by atoms with van der Waals surface area (Å²) < 4.78 is 14.6.